The zero-order chi connectivity index (χ0) is 23.2. The number of thioether (sulfide) groups is 1. The first-order valence-electron chi connectivity index (χ1n) is 10.1. The Labute approximate surface area is 199 Å². The topological polar surface area (TPSA) is 88.1 Å². The molecule has 2 aromatic carbocycles. The molecule has 11 heteroatoms. The number of aromatic nitrogens is 5. The summed E-state index contributed by atoms with van der Waals surface area (Å²) >= 11 is 7.44. The SMILES string of the molecule is COC[C@@H](C)n1c(COc2ccccc2F)nnc1SCc1nc(-c2cccc(Cl)c2)no1. The summed E-state index contributed by atoms with van der Waals surface area (Å²) in [6.07, 6.45) is 0. The number of benzene rings is 2. The first kappa shape index (κ1) is 23.2. The van der Waals surface area contributed by atoms with Gasteiger partial charge in [-0.1, -0.05) is 52.8 Å². The maximum atomic E-state index is 13.9. The van der Waals surface area contributed by atoms with Gasteiger partial charge in [-0.15, -0.1) is 10.2 Å². The quantitative estimate of drug-likeness (QED) is 0.281. The van der Waals surface area contributed by atoms with Crippen LogP contribution in [0.15, 0.2) is 58.2 Å². The Morgan fingerprint density at radius 2 is 2.03 bits per heavy atom. The number of para-hydroxylation sites is 1. The molecule has 8 nitrogen and oxygen atoms in total. The van der Waals surface area contributed by atoms with Crippen molar-refractivity contribution in [3.05, 3.63) is 71.1 Å². The van der Waals surface area contributed by atoms with E-state index in [-0.39, 0.29) is 18.4 Å². The monoisotopic (exact) mass is 489 g/mol. The minimum absolute atomic E-state index is 0.0576. The number of ether oxygens (including phenoxy) is 2. The second-order valence-electron chi connectivity index (χ2n) is 7.10. The molecule has 0 radical (unpaired) electrons. The smallest absolute Gasteiger partial charge is 0.237 e. The van der Waals surface area contributed by atoms with Gasteiger partial charge in [-0.05, 0) is 31.2 Å². The summed E-state index contributed by atoms with van der Waals surface area (Å²) in [4.78, 5) is 4.43. The van der Waals surface area contributed by atoms with Gasteiger partial charge in [-0.25, -0.2) is 4.39 Å². The van der Waals surface area contributed by atoms with E-state index < -0.39 is 5.82 Å². The van der Waals surface area contributed by atoms with E-state index in [1.807, 2.05) is 23.6 Å². The van der Waals surface area contributed by atoms with Crippen molar-refractivity contribution in [2.24, 2.45) is 0 Å². The molecule has 0 aliphatic heterocycles. The van der Waals surface area contributed by atoms with Gasteiger partial charge in [0.15, 0.2) is 22.5 Å². The highest BCUT2D eigenvalue weighted by atomic mass is 35.5. The van der Waals surface area contributed by atoms with Crippen molar-refractivity contribution < 1.29 is 18.4 Å². The molecule has 0 aliphatic carbocycles. The van der Waals surface area contributed by atoms with Crippen molar-refractivity contribution >= 4 is 23.4 Å². The molecule has 0 aliphatic rings. The normalized spacial score (nSPS) is 12.1. The van der Waals surface area contributed by atoms with E-state index in [0.29, 0.717) is 40.1 Å². The molecule has 4 aromatic rings. The molecule has 2 heterocycles. The average molecular weight is 490 g/mol. The van der Waals surface area contributed by atoms with Gasteiger partial charge < -0.3 is 14.0 Å². The Bertz CT molecular complexity index is 1220. The van der Waals surface area contributed by atoms with Crippen molar-refractivity contribution in [2.45, 2.75) is 30.5 Å². The average Bonchev–Trinajstić information content (AvgIpc) is 3.44. The molecule has 1 atom stereocenters. The van der Waals surface area contributed by atoms with E-state index in [4.69, 9.17) is 25.6 Å². The lowest BCUT2D eigenvalue weighted by Crippen LogP contribution is -2.16. The molecule has 0 bridgehead atoms. The molecule has 0 saturated carbocycles. The zero-order valence-corrected chi connectivity index (χ0v) is 19.5. The van der Waals surface area contributed by atoms with E-state index in [1.54, 1.807) is 37.4 Å². The standard InChI is InChI=1S/C22H21ClFN5O3S/c1-14(11-30-2)29-19(12-31-18-9-4-3-8-17(18)24)26-27-22(29)33-13-20-25-21(28-32-20)15-6-5-7-16(23)10-15/h3-10,14H,11-13H2,1-2H3/t14-/m1/s1. The van der Waals surface area contributed by atoms with Crippen molar-refractivity contribution in [3.63, 3.8) is 0 Å². The van der Waals surface area contributed by atoms with Gasteiger partial charge >= 0.3 is 0 Å². The van der Waals surface area contributed by atoms with Crippen molar-refractivity contribution in [3.8, 4) is 17.1 Å². The minimum atomic E-state index is -0.435. The van der Waals surface area contributed by atoms with Gasteiger partial charge in [0.2, 0.25) is 11.7 Å². The molecule has 0 amide bonds. The van der Waals surface area contributed by atoms with Crippen LogP contribution in [0.4, 0.5) is 4.39 Å². The molecular formula is C22H21ClFN5O3S. The first-order chi connectivity index (χ1) is 16.0. The fourth-order valence-electron chi connectivity index (χ4n) is 3.15. The Morgan fingerprint density at radius 3 is 2.82 bits per heavy atom. The van der Waals surface area contributed by atoms with E-state index in [2.05, 4.69) is 20.3 Å². The summed E-state index contributed by atoms with van der Waals surface area (Å²) in [5, 5.41) is 13.8. The molecule has 0 saturated heterocycles. The number of nitrogens with zero attached hydrogens (tertiary/aromatic N) is 5. The number of hydrogen-bond acceptors (Lipinski definition) is 8. The predicted molar refractivity (Wildman–Crippen MR) is 122 cm³/mol. The van der Waals surface area contributed by atoms with Crippen LogP contribution in [0.1, 0.15) is 24.7 Å². The summed E-state index contributed by atoms with van der Waals surface area (Å²) in [7, 11) is 1.62. The molecular weight excluding hydrogens is 469 g/mol. The number of hydrogen-bond donors (Lipinski definition) is 0. The largest absolute Gasteiger partial charge is 0.483 e. The van der Waals surface area contributed by atoms with E-state index in [1.165, 1.54) is 17.8 Å². The highest BCUT2D eigenvalue weighted by molar-refractivity contribution is 7.98. The summed E-state index contributed by atoms with van der Waals surface area (Å²) < 4.78 is 32.1. The Balaban J connectivity index is 1.48. The van der Waals surface area contributed by atoms with Gasteiger partial charge in [0, 0.05) is 17.7 Å². The fourth-order valence-corrected chi connectivity index (χ4v) is 4.23. The summed E-state index contributed by atoms with van der Waals surface area (Å²) in [5.41, 5.74) is 0.770. The van der Waals surface area contributed by atoms with E-state index >= 15 is 0 Å². The van der Waals surface area contributed by atoms with Crippen LogP contribution in [0.5, 0.6) is 5.75 Å². The molecule has 2 aromatic heterocycles. The van der Waals surface area contributed by atoms with Gasteiger partial charge in [0.1, 0.15) is 6.61 Å². The van der Waals surface area contributed by atoms with Crippen LogP contribution in [0.2, 0.25) is 5.02 Å². The van der Waals surface area contributed by atoms with Gasteiger partial charge in [0.25, 0.3) is 0 Å². The Kier molecular flexibility index (Phi) is 7.58. The van der Waals surface area contributed by atoms with Crippen molar-refractivity contribution in [2.75, 3.05) is 13.7 Å². The molecule has 0 fully saturated rings. The van der Waals surface area contributed by atoms with E-state index in [9.17, 15) is 4.39 Å². The maximum Gasteiger partial charge on any atom is 0.237 e. The van der Waals surface area contributed by atoms with Crippen LogP contribution in [0, 0.1) is 5.82 Å². The van der Waals surface area contributed by atoms with Crippen molar-refractivity contribution in [1.29, 1.82) is 0 Å². The molecule has 0 unspecified atom stereocenters. The molecule has 4 rings (SSSR count). The van der Waals surface area contributed by atoms with Gasteiger partial charge in [-0.2, -0.15) is 4.98 Å². The van der Waals surface area contributed by atoms with Gasteiger partial charge in [-0.3, -0.25) is 4.57 Å². The maximum absolute atomic E-state index is 13.9. The number of rotatable bonds is 10. The van der Waals surface area contributed by atoms with Crippen LogP contribution in [0.25, 0.3) is 11.4 Å². The lowest BCUT2D eigenvalue weighted by molar-refractivity contribution is 0.154. The van der Waals surface area contributed by atoms with Crippen LogP contribution in [-0.4, -0.2) is 38.6 Å². The van der Waals surface area contributed by atoms with Crippen LogP contribution < -0.4 is 4.74 Å². The zero-order valence-electron chi connectivity index (χ0n) is 17.9. The highest BCUT2D eigenvalue weighted by Crippen LogP contribution is 2.27. The summed E-state index contributed by atoms with van der Waals surface area (Å²) in [5.74, 6) is 1.56. The minimum Gasteiger partial charge on any atom is -0.483 e. The second-order valence-corrected chi connectivity index (χ2v) is 8.48. The molecule has 172 valence electrons. The van der Waals surface area contributed by atoms with Crippen LogP contribution in [-0.2, 0) is 17.1 Å². The molecule has 0 spiro atoms. The molecule has 33 heavy (non-hydrogen) atoms. The van der Waals surface area contributed by atoms with Crippen molar-refractivity contribution in [1.82, 2.24) is 24.9 Å². The lowest BCUT2D eigenvalue weighted by atomic mass is 10.2. The van der Waals surface area contributed by atoms with E-state index in [0.717, 1.165) is 5.56 Å². The lowest BCUT2D eigenvalue weighted by Gasteiger charge is -2.17. The van der Waals surface area contributed by atoms with Crippen LogP contribution >= 0.6 is 23.4 Å². The van der Waals surface area contributed by atoms with Crippen LogP contribution in [0.3, 0.4) is 0 Å². The predicted octanol–water partition coefficient (Wildman–Crippen LogP) is 5.20. The number of halogens is 2. The second kappa shape index (κ2) is 10.8. The Hall–Kier alpha value is -2.95. The first-order valence-corrected chi connectivity index (χ1v) is 11.4. The number of methoxy groups -OCH3 is 1. The fraction of sp³-hybridized carbons (Fsp3) is 0.273. The third kappa shape index (κ3) is 5.70. The molecule has 0 N–H and O–H groups in total. The van der Waals surface area contributed by atoms with Gasteiger partial charge in [0.05, 0.1) is 18.4 Å². The third-order valence-corrected chi connectivity index (χ3v) is 5.82. The highest BCUT2D eigenvalue weighted by Gasteiger charge is 2.20. The third-order valence-electron chi connectivity index (χ3n) is 4.65. The summed E-state index contributed by atoms with van der Waals surface area (Å²) in [6.45, 7) is 2.48. The Morgan fingerprint density at radius 1 is 1.18 bits per heavy atom. The summed E-state index contributed by atoms with van der Waals surface area (Å²) in [6, 6.07) is 13.4.